The lowest BCUT2D eigenvalue weighted by Crippen LogP contribution is -2.21. The van der Waals surface area contributed by atoms with E-state index in [0.717, 1.165) is 0 Å². The molecule has 1 N–H and O–H groups in total. The van der Waals surface area contributed by atoms with E-state index in [0.29, 0.717) is 28.9 Å². The normalized spacial score (nSPS) is 10.2. The van der Waals surface area contributed by atoms with Gasteiger partial charge in [-0.15, -0.1) is 0 Å². The monoisotopic (exact) mass is 391 g/mol. The lowest BCUT2D eigenvalue weighted by atomic mass is 10.1. The number of hydrogen-bond donors (Lipinski definition) is 1. The van der Waals surface area contributed by atoms with Crippen LogP contribution in [0, 0.1) is 0 Å². The number of carbonyl (C=O) groups excluding carboxylic acids is 4. The van der Waals surface area contributed by atoms with Gasteiger partial charge in [0, 0.05) is 16.8 Å². The van der Waals surface area contributed by atoms with Crippen LogP contribution in [0.4, 0.5) is 5.69 Å². The van der Waals surface area contributed by atoms with Gasteiger partial charge in [0.15, 0.2) is 24.4 Å². The second kappa shape index (κ2) is 8.79. The predicted molar refractivity (Wildman–Crippen MR) is 105 cm³/mol. The van der Waals surface area contributed by atoms with Crippen molar-refractivity contribution in [2.24, 2.45) is 0 Å². The molecule has 7 nitrogen and oxygen atoms in total. The molecule has 1 heterocycles. The quantitative estimate of drug-likeness (QED) is 0.374. The first kappa shape index (κ1) is 19.8. The first-order valence-electron chi connectivity index (χ1n) is 8.69. The van der Waals surface area contributed by atoms with E-state index in [1.165, 1.54) is 19.1 Å². The number of anilines is 1. The van der Waals surface area contributed by atoms with Crippen LogP contribution in [0.1, 0.15) is 38.2 Å². The van der Waals surface area contributed by atoms with Crippen molar-refractivity contribution in [1.29, 1.82) is 0 Å². The molecule has 0 fully saturated rings. The highest BCUT2D eigenvalue weighted by atomic mass is 16.5. The average molecular weight is 391 g/mol. The van der Waals surface area contributed by atoms with Crippen molar-refractivity contribution in [2.45, 2.75) is 6.92 Å². The molecule has 1 aromatic heterocycles. The van der Waals surface area contributed by atoms with E-state index in [1.807, 2.05) is 0 Å². The maximum Gasteiger partial charge on any atom is 0.338 e. The zero-order valence-corrected chi connectivity index (χ0v) is 15.5. The van der Waals surface area contributed by atoms with Crippen molar-refractivity contribution in [3.63, 3.8) is 0 Å². The van der Waals surface area contributed by atoms with Crippen LogP contribution in [0.5, 0.6) is 0 Å². The highest BCUT2D eigenvalue weighted by Crippen LogP contribution is 2.22. The summed E-state index contributed by atoms with van der Waals surface area (Å²) in [5.74, 6) is -0.583. The summed E-state index contributed by atoms with van der Waals surface area (Å²) >= 11 is 0. The molecule has 0 radical (unpaired) electrons. The summed E-state index contributed by atoms with van der Waals surface area (Å²) in [6, 6.07) is 16.1. The molecule has 0 aliphatic rings. The Kier molecular flexibility index (Phi) is 5.99. The molecule has 0 atom stereocenters. The van der Waals surface area contributed by atoms with Crippen molar-refractivity contribution < 1.29 is 28.3 Å². The Bertz CT molecular complexity index is 1060. The van der Waals surface area contributed by atoms with Gasteiger partial charge in [-0.25, -0.2) is 4.79 Å². The number of nitrogens with one attached hydrogen (secondary N) is 1. The van der Waals surface area contributed by atoms with Crippen LogP contribution in [0.2, 0.25) is 0 Å². The number of Topliss-reactive ketones (excluding diaryl/α,β-unsaturated/α-hetero) is 1. The molecular formula is C22H17NO6. The van der Waals surface area contributed by atoms with Crippen LogP contribution in [-0.2, 0) is 9.53 Å². The summed E-state index contributed by atoms with van der Waals surface area (Å²) < 4.78 is 10.3. The summed E-state index contributed by atoms with van der Waals surface area (Å²) in [7, 11) is 0. The van der Waals surface area contributed by atoms with Gasteiger partial charge in [-0.05, 0) is 43.3 Å². The highest BCUT2D eigenvalue weighted by Gasteiger charge is 2.12. The van der Waals surface area contributed by atoms with Gasteiger partial charge in [-0.3, -0.25) is 14.4 Å². The first-order valence-corrected chi connectivity index (χ1v) is 8.69. The van der Waals surface area contributed by atoms with Crippen molar-refractivity contribution in [3.8, 4) is 11.3 Å². The Morgan fingerprint density at radius 1 is 1.00 bits per heavy atom. The summed E-state index contributed by atoms with van der Waals surface area (Å²) in [6.07, 6.45) is 0.608. The largest absolute Gasteiger partial charge is 0.453 e. The third-order valence-corrected chi connectivity index (χ3v) is 4.04. The van der Waals surface area contributed by atoms with Crippen LogP contribution >= 0.6 is 0 Å². The molecule has 0 unspecified atom stereocenters. The standard InChI is InChI=1S/C22H17NO6/c1-14(25)17-3-2-4-18(11-17)23-21(26)13-28-22(27)16-7-5-15(6-8-16)20-10-9-19(12-24)29-20/h2-12H,13H2,1H3,(H,23,26). The van der Waals surface area contributed by atoms with E-state index >= 15 is 0 Å². The predicted octanol–water partition coefficient (Wildman–Crippen LogP) is 3.76. The lowest BCUT2D eigenvalue weighted by Gasteiger charge is -2.08. The van der Waals surface area contributed by atoms with E-state index in [4.69, 9.17) is 9.15 Å². The van der Waals surface area contributed by atoms with Gasteiger partial charge in [0.1, 0.15) is 5.76 Å². The van der Waals surface area contributed by atoms with Gasteiger partial charge >= 0.3 is 5.97 Å². The number of furan rings is 1. The summed E-state index contributed by atoms with van der Waals surface area (Å²) in [6.45, 7) is 0.965. The van der Waals surface area contributed by atoms with Gasteiger partial charge in [0.2, 0.25) is 0 Å². The molecule has 0 saturated carbocycles. The van der Waals surface area contributed by atoms with Gasteiger partial charge in [0.25, 0.3) is 5.91 Å². The number of amides is 1. The van der Waals surface area contributed by atoms with Crippen molar-refractivity contribution in [1.82, 2.24) is 0 Å². The Hall–Kier alpha value is -4.00. The Morgan fingerprint density at radius 3 is 2.41 bits per heavy atom. The number of hydrogen-bond acceptors (Lipinski definition) is 6. The second-order valence-electron chi connectivity index (χ2n) is 6.16. The Labute approximate surface area is 166 Å². The van der Waals surface area contributed by atoms with Crippen LogP contribution < -0.4 is 5.32 Å². The SMILES string of the molecule is CC(=O)c1cccc(NC(=O)COC(=O)c2ccc(-c3ccc(C=O)o3)cc2)c1. The number of rotatable bonds is 7. The lowest BCUT2D eigenvalue weighted by molar-refractivity contribution is -0.119. The Morgan fingerprint density at radius 2 is 1.76 bits per heavy atom. The fraction of sp³-hybridized carbons (Fsp3) is 0.0909. The smallest absolute Gasteiger partial charge is 0.338 e. The molecule has 3 rings (SSSR count). The fourth-order valence-electron chi connectivity index (χ4n) is 2.57. The van der Waals surface area contributed by atoms with Gasteiger partial charge in [-0.1, -0.05) is 24.3 Å². The first-order chi connectivity index (χ1) is 14.0. The molecule has 0 saturated heterocycles. The zero-order valence-electron chi connectivity index (χ0n) is 15.5. The van der Waals surface area contributed by atoms with E-state index < -0.39 is 18.5 Å². The molecule has 0 aliphatic carbocycles. The molecule has 2 aromatic carbocycles. The van der Waals surface area contributed by atoms with E-state index in [-0.39, 0.29) is 17.1 Å². The molecular weight excluding hydrogens is 374 g/mol. The van der Waals surface area contributed by atoms with Crippen LogP contribution in [0.25, 0.3) is 11.3 Å². The third-order valence-electron chi connectivity index (χ3n) is 4.04. The summed E-state index contributed by atoms with van der Waals surface area (Å²) in [4.78, 5) is 46.2. The maximum absolute atomic E-state index is 12.1. The third kappa shape index (κ3) is 5.04. The number of benzene rings is 2. The van der Waals surface area contributed by atoms with Crippen LogP contribution in [0.3, 0.4) is 0 Å². The molecule has 0 bridgehead atoms. The van der Waals surface area contributed by atoms with E-state index in [2.05, 4.69) is 5.32 Å². The minimum Gasteiger partial charge on any atom is -0.453 e. The molecule has 29 heavy (non-hydrogen) atoms. The van der Waals surface area contributed by atoms with Crippen molar-refractivity contribution >= 4 is 29.6 Å². The maximum atomic E-state index is 12.1. The van der Waals surface area contributed by atoms with Gasteiger partial charge in [0.05, 0.1) is 5.56 Å². The topological polar surface area (TPSA) is 103 Å². The number of carbonyl (C=O) groups is 4. The van der Waals surface area contributed by atoms with Crippen molar-refractivity contribution in [3.05, 3.63) is 77.6 Å². The van der Waals surface area contributed by atoms with E-state index in [9.17, 15) is 19.2 Å². The minimum atomic E-state index is -0.655. The van der Waals surface area contributed by atoms with Gasteiger partial charge < -0.3 is 14.5 Å². The molecule has 1 amide bonds. The summed E-state index contributed by atoms with van der Waals surface area (Å²) in [5, 5.41) is 2.57. The van der Waals surface area contributed by atoms with Crippen molar-refractivity contribution in [2.75, 3.05) is 11.9 Å². The summed E-state index contributed by atoms with van der Waals surface area (Å²) in [5.41, 5.74) is 1.87. The fourth-order valence-corrected chi connectivity index (χ4v) is 2.57. The molecule has 0 aliphatic heterocycles. The molecule has 3 aromatic rings. The van der Waals surface area contributed by atoms with Crippen LogP contribution in [0.15, 0.2) is 65.1 Å². The number of esters is 1. The Balaban J connectivity index is 1.56. The molecule has 7 heteroatoms. The highest BCUT2D eigenvalue weighted by molar-refractivity contribution is 5.98. The number of ether oxygens (including phenoxy) is 1. The number of ketones is 1. The number of aldehydes is 1. The minimum absolute atomic E-state index is 0.118. The second-order valence-corrected chi connectivity index (χ2v) is 6.16. The molecule has 0 spiro atoms. The average Bonchev–Trinajstić information content (AvgIpc) is 3.21. The zero-order chi connectivity index (χ0) is 20.8. The molecule has 146 valence electrons. The van der Waals surface area contributed by atoms with Gasteiger partial charge in [-0.2, -0.15) is 0 Å². The van der Waals surface area contributed by atoms with Crippen LogP contribution in [-0.4, -0.2) is 30.6 Å². The van der Waals surface area contributed by atoms with E-state index in [1.54, 1.807) is 48.5 Å².